The number of hydrogen-bond acceptors (Lipinski definition) is 7. The highest BCUT2D eigenvalue weighted by Crippen LogP contribution is 2.25. The Morgan fingerprint density at radius 1 is 1.17 bits per heavy atom. The number of nitrogen functional groups attached to an aromatic ring is 1. The molecule has 3 aromatic rings. The summed E-state index contributed by atoms with van der Waals surface area (Å²) in [6, 6.07) is 11.0. The molecule has 0 spiro atoms. The maximum Gasteiger partial charge on any atom is 0.347 e. The predicted octanol–water partition coefficient (Wildman–Crippen LogP) is 3.98. The van der Waals surface area contributed by atoms with Crippen molar-refractivity contribution in [3.05, 3.63) is 100 Å². The third-order valence-electron chi connectivity index (χ3n) is 5.61. The van der Waals surface area contributed by atoms with Crippen molar-refractivity contribution in [3.8, 4) is 11.4 Å². The lowest BCUT2D eigenvalue weighted by molar-refractivity contribution is 0.0598. The Bertz CT molecular complexity index is 1300. The maximum absolute atomic E-state index is 13.7. The SMILES string of the molecule is C=CC(=C)CN(Cc1ccc(OC)cc1)c1ncn(-c2c(C)cc(N)cc2C)c(=O)c1C(=O)OC. The number of anilines is 2. The van der Waals surface area contributed by atoms with Gasteiger partial charge >= 0.3 is 5.97 Å². The van der Waals surface area contributed by atoms with Gasteiger partial charge in [0.15, 0.2) is 11.4 Å². The average molecular weight is 475 g/mol. The van der Waals surface area contributed by atoms with E-state index in [-0.39, 0.29) is 11.4 Å². The smallest absolute Gasteiger partial charge is 0.347 e. The summed E-state index contributed by atoms with van der Waals surface area (Å²) in [4.78, 5) is 32.9. The molecule has 0 saturated heterocycles. The van der Waals surface area contributed by atoms with E-state index in [0.717, 1.165) is 22.4 Å². The van der Waals surface area contributed by atoms with Crippen molar-refractivity contribution in [2.24, 2.45) is 0 Å². The number of aromatic nitrogens is 2. The summed E-state index contributed by atoms with van der Waals surface area (Å²) < 4.78 is 11.6. The first-order chi connectivity index (χ1) is 16.7. The molecule has 0 atom stereocenters. The summed E-state index contributed by atoms with van der Waals surface area (Å²) in [7, 11) is 2.83. The number of nitrogens with two attached hydrogens (primary N) is 1. The highest BCUT2D eigenvalue weighted by molar-refractivity contribution is 5.94. The van der Waals surface area contributed by atoms with Crippen molar-refractivity contribution in [3.63, 3.8) is 0 Å². The third-order valence-corrected chi connectivity index (χ3v) is 5.61. The zero-order chi connectivity index (χ0) is 25.7. The summed E-state index contributed by atoms with van der Waals surface area (Å²) in [5, 5.41) is 0. The van der Waals surface area contributed by atoms with Crippen molar-refractivity contribution < 1.29 is 14.3 Å². The van der Waals surface area contributed by atoms with E-state index in [1.165, 1.54) is 18.0 Å². The second kappa shape index (κ2) is 10.7. The fourth-order valence-electron chi connectivity index (χ4n) is 3.96. The highest BCUT2D eigenvalue weighted by atomic mass is 16.5. The van der Waals surface area contributed by atoms with E-state index in [0.29, 0.717) is 30.0 Å². The van der Waals surface area contributed by atoms with E-state index in [1.54, 1.807) is 30.2 Å². The molecule has 0 aliphatic carbocycles. The second-order valence-electron chi connectivity index (χ2n) is 8.18. The lowest BCUT2D eigenvalue weighted by Gasteiger charge is -2.26. The number of esters is 1. The molecule has 3 rings (SSSR count). The molecule has 0 radical (unpaired) electrons. The van der Waals surface area contributed by atoms with Crippen LogP contribution in [-0.4, -0.2) is 36.3 Å². The molecular formula is C27H30N4O4. The molecule has 1 aromatic heterocycles. The number of rotatable bonds is 9. The first kappa shape index (κ1) is 25.3. The van der Waals surface area contributed by atoms with Crippen molar-refractivity contribution in [2.75, 3.05) is 31.4 Å². The summed E-state index contributed by atoms with van der Waals surface area (Å²) in [6.45, 7) is 12.1. The van der Waals surface area contributed by atoms with E-state index >= 15 is 0 Å². The first-order valence-electron chi connectivity index (χ1n) is 10.9. The fraction of sp³-hybridized carbons (Fsp3) is 0.222. The number of benzene rings is 2. The number of methoxy groups -OCH3 is 2. The molecule has 35 heavy (non-hydrogen) atoms. The normalized spacial score (nSPS) is 10.5. The minimum absolute atomic E-state index is 0.170. The Kier molecular flexibility index (Phi) is 7.76. The molecule has 0 aliphatic rings. The van der Waals surface area contributed by atoms with Gasteiger partial charge in [-0.25, -0.2) is 9.78 Å². The van der Waals surface area contributed by atoms with Crippen LogP contribution < -0.4 is 20.9 Å². The molecule has 0 amide bonds. The fourth-order valence-corrected chi connectivity index (χ4v) is 3.96. The van der Waals surface area contributed by atoms with Gasteiger partial charge in [-0.05, 0) is 60.4 Å². The van der Waals surface area contributed by atoms with E-state index in [9.17, 15) is 9.59 Å². The predicted molar refractivity (Wildman–Crippen MR) is 138 cm³/mol. The van der Waals surface area contributed by atoms with Crippen molar-refractivity contribution in [1.29, 1.82) is 0 Å². The molecule has 0 fully saturated rings. The summed E-state index contributed by atoms with van der Waals surface area (Å²) in [5.41, 5.74) is 9.63. The lowest BCUT2D eigenvalue weighted by atomic mass is 10.1. The van der Waals surface area contributed by atoms with Crippen LogP contribution in [0.25, 0.3) is 5.69 Å². The van der Waals surface area contributed by atoms with Crippen LogP contribution >= 0.6 is 0 Å². The van der Waals surface area contributed by atoms with E-state index < -0.39 is 11.5 Å². The lowest BCUT2D eigenvalue weighted by Crippen LogP contribution is -2.34. The van der Waals surface area contributed by atoms with Gasteiger partial charge in [0.1, 0.15) is 12.1 Å². The molecule has 0 unspecified atom stereocenters. The minimum atomic E-state index is -0.776. The van der Waals surface area contributed by atoms with E-state index in [4.69, 9.17) is 15.2 Å². The van der Waals surface area contributed by atoms with Gasteiger partial charge < -0.3 is 20.1 Å². The Labute approximate surface area is 204 Å². The molecule has 182 valence electrons. The molecule has 1 heterocycles. The van der Waals surface area contributed by atoms with Crippen molar-refractivity contribution in [2.45, 2.75) is 20.4 Å². The molecule has 0 saturated carbocycles. The number of carbonyl (C=O) groups is 1. The van der Waals surface area contributed by atoms with E-state index in [2.05, 4.69) is 18.1 Å². The Morgan fingerprint density at radius 3 is 2.34 bits per heavy atom. The van der Waals surface area contributed by atoms with Gasteiger partial charge in [0.05, 0.1) is 19.9 Å². The van der Waals surface area contributed by atoms with Crippen molar-refractivity contribution >= 4 is 17.5 Å². The number of carbonyl (C=O) groups excluding carboxylic acids is 1. The van der Waals surface area contributed by atoms with Gasteiger partial charge in [-0.1, -0.05) is 31.4 Å². The molecule has 8 nitrogen and oxygen atoms in total. The van der Waals surface area contributed by atoms with Crippen LogP contribution in [-0.2, 0) is 11.3 Å². The Morgan fingerprint density at radius 2 is 1.80 bits per heavy atom. The number of aryl methyl sites for hydroxylation is 2. The molecule has 2 aromatic carbocycles. The zero-order valence-corrected chi connectivity index (χ0v) is 20.5. The molecule has 0 bridgehead atoms. The largest absolute Gasteiger partial charge is 0.497 e. The van der Waals surface area contributed by atoms with Crippen LogP contribution in [0.15, 0.2) is 72.3 Å². The first-order valence-corrected chi connectivity index (χ1v) is 10.9. The van der Waals surface area contributed by atoms with Gasteiger partial charge in [0, 0.05) is 18.8 Å². The number of nitrogens with zero attached hydrogens (tertiary/aromatic N) is 3. The van der Waals surface area contributed by atoms with Gasteiger partial charge in [0.2, 0.25) is 0 Å². The topological polar surface area (TPSA) is 99.7 Å². The summed E-state index contributed by atoms with van der Waals surface area (Å²) in [5.74, 6) is 0.144. The quantitative estimate of drug-likeness (QED) is 0.284. The van der Waals surface area contributed by atoms with Crippen molar-refractivity contribution in [1.82, 2.24) is 9.55 Å². The number of hydrogen-bond donors (Lipinski definition) is 1. The summed E-state index contributed by atoms with van der Waals surface area (Å²) >= 11 is 0. The Hall–Kier alpha value is -4.33. The monoisotopic (exact) mass is 474 g/mol. The molecule has 0 aliphatic heterocycles. The third kappa shape index (κ3) is 5.43. The molecular weight excluding hydrogens is 444 g/mol. The molecule has 8 heteroatoms. The molecule has 2 N–H and O–H groups in total. The van der Waals surface area contributed by atoms with Gasteiger partial charge in [-0.15, -0.1) is 0 Å². The highest BCUT2D eigenvalue weighted by Gasteiger charge is 2.26. The van der Waals surface area contributed by atoms with Crippen LogP contribution in [0.1, 0.15) is 27.0 Å². The van der Waals surface area contributed by atoms with Crippen LogP contribution in [0.2, 0.25) is 0 Å². The summed E-state index contributed by atoms with van der Waals surface area (Å²) in [6.07, 6.45) is 3.05. The number of ether oxygens (including phenoxy) is 2. The second-order valence-corrected chi connectivity index (χ2v) is 8.18. The van der Waals surface area contributed by atoms with Crippen LogP contribution in [0.3, 0.4) is 0 Å². The van der Waals surface area contributed by atoms with Gasteiger partial charge in [0.25, 0.3) is 5.56 Å². The Balaban J connectivity index is 2.19. The van der Waals surface area contributed by atoms with Gasteiger partial charge in [-0.2, -0.15) is 0 Å². The minimum Gasteiger partial charge on any atom is -0.497 e. The van der Waals surface area contributed by atoms with E-state index in [1.807, 2.05) is 38.1 Å². The average Bonchev–Trinajstić information content (AvgIpc) is 2.83. The maximum atomic E-state index is 13.7. The van der Waals surface area contributed by atoms with Gasteiger partial charge in [-0.3, -0.25) is 9.36 Å². The van der Waals surface area contributed by atoms with Crippen LogP contribution in [0, 0.1) is 13.8 Å². The standard InChI is InChI=1S/C27H30N4O4/c1-7-17(2)14-30(15-20-8-10-22(34-5)11-9-20)25-23(27(33)35-6)26(32)31(16-29-25)24-18(3)12-21(28)13-19(24)4/h7-13,16H,1-2,14-15,28H2,3-6H3. The van der Waals surface area contributed by atoms with Crippen LogP contribution in [0.4, 0.5) is 11.5 Å². The van der Waals surface area contributed by atoms with Crippen LogP contribution in [0.5, 0.6) is 5.75 Å². The zero-order valence-electron chi connectivity index (χ0n) is 20.5.